The van der Waals surface area contributed by atoms with E-state index in [1.165, 1.54) is 5.56 Å². The van der Waals surface area contributed by atoms with Crippen LogP contribution < -0.4 is 5.32 Å². The monoisotopic (exact) mass is 332 g/mol. The number of carbonyl (C=O) groups excluding carboxylic acids is 2. The van der Waals surface area contributed by atoms with Gasteiger partial charge in [-0.2, -0.15) is 0 Å². The molecule has 132 valence electrons. The molecule has 1 aromatic rings. The highest BCUT2D eigenvalue weighted by Gasteiger charge is 2.32. The SMILES string of the molecule is CCc1ccc(C(=O)N2C[C@H](C(=O)NCCOC)CC[C@@H]2C)cc1. The molecule has 1 heterocycles. The number of carbonyl (C=O) groups is 2. The Hall–Kier alpha value is -1.88. The fraction of sp³-hybridized carbons (Fsp3) is 0.579. The molecule has 1 aromatic carbocycles. The summed E-state index contributed by atoms with van der Waals surface area (Å²) < 4.78 is 4.95. The smallest absolute Gasteiger partial charge is 0.254 e. The summed E-state index contributed by atoms with van der Waals surface area (Å²) in [6, 6.07) is 7.92. The number of nitrogens with zero attached hydrogens (tertiary/aromatic N) is 1. The summed E-state index contributed by atoms with van der Waals surface area (Å²) in [4.78, 5) is 26.9. The van der Waals surface area contributed by atoms with Crippen LogP contribution in [0.5, 0.6) is 0 Å². The van der Waals surface area contributed by atoms with Crippen molar-refractivity contribution in [2.75, 3.05) is 26.8 Å². The van der Waals surface area contributed by atoms with Crippen LogP contribution in [0.2, 0.25) is 0 Å². The highest BCUT2D eigenvalue weighted by molar-refractivity contribution is 5.95. The number of amides is 2. The van der Waals surface area contributed by atoms with Crippen LogP contribution in [0.15, 0.2) is 24.3 Å². The van der Waals surface area contributed by atoms with Gasteiger partial charge in [-0.1, -0.05) is 19.1 Å². The quantitative estimate of drug-likeness (QED) is 0.813. The summed E-state index contributed by atoms with van der Waals surface area (Å²) in [7, 11) is 1.61. The van der Waals surface area contributed by atoms with E-state index in [0.29, 0.717) is 25.3 Å². The Morgan fingerprint density at radius 3 is 2.58 bits per heavy atom. The van der Waals surface area contributed by atoms with Crippen molar-refractivity contribution in [3.63, 3.8) is 0 Å². The van der Waals surface area contributed by atoms with E-state index in [1.54, 1.807) is 7.11 Å². The number of nitrogens with one attached hydrogen (secondary N) is 1. The average Bonchev–Trinajstić information content (AvgIpc) is 2.61. The standard InChI is InChI=1S/C19H28N2O3/c1-4-15-6-9-16(10-7-15)19(23)21-13-17(8-5-14(21)2)18(22)20-11-12-24-3/h6-7,9-10,14,17H,4-5,8,11-13H2,1-3H3,(H,20,22)/t14-,17+/m0/s1. The van der Waals surface area contributed by atoms with Gasteiger partial charge in [0.05, 0.1) is 12.5 Å². The third-order valence-electron chi connectivity index (χ3n) is 4.73. The van der Waals surface area contributed by atoms with Crippen LogP contribution in [0.3, 0.4) is 0 Å². The summed E-state index contributed by atoms with van der Waals surface area (Å²) in [5, 5.41) is 2.88. The molecule has 5 heteroatoms. The number of piperidine rings is 1. The Morgan fingerprint density at radius 2 is 1.96 bits per heavy atom. The van der Waals surface area contributed by atoms with Crippen LogP contribution in [-0.2, 0) is 16.0 Å². The zero-order chi connectivity index (χ0) is 17.5. The second-order valence-corrected chi connectivity index (χ2v) is 6.42. The third-order valence-corrected chi connectivity index (χ3v) is 4.73. The fourth-order valence-electron chi connectivity index (χ4n) is 3.07. The maximum atomic E-state index is 12.8. The number of ether oxygens (including phenoxy) is 1. The van der Waals surface area contributed by atoms with Crippen molar-refractivity contribution in [2.24, 2.45) is 5.92 Å². The number of hydrogen-bond acceptors (Lipinski definition) is 3. The number of methoxy groups -OCH3 is 1. The molecule has 1 aliphatic rings. The predicted molar refractivity (Wildman–Crippen MR) is 93.9 cm³/mol. The molecular formula is C19H28N2O3. The van der Waals surface area contributed by atoms with Gasteiger partial charge in [0.2, 0.25) is 5.91 Å². The van der Waals surface area contributed by atoms with Crippen molar-refractivity contribution < 1.29 is 14.3 Å². The van der Waals surface area contributed by atoms with Crippen LogP contribution in [0.25, 0.3) is 0 Å². The van der Waals surface area contributed by atoms with Gasteiger partial charge in [-0.05, 0) is 43.9 Å². The van der Waals surface area contributed by atoms with Crippen molar-refractivity contribution in [1.29, 1.82) is 0 Å². The predicted octanol–water partition coefficient (Wildman–Crippen LogP) is 2.25. The van der Waals surface area contributed by atoms with E-state index in [0.717, 1.165) is 19.3 Å². The maximum absolute atomic E-state index is 12.8. The van der Waals surface area contributed by atoms with Gasteiger partial charge < -0.3 is 15.0 Å². The first-order chi connectivity index (χ1) is 11.6. The molecule has 0 radical (unpaired) electrons. The van der Waals surface area contributed by atoms with Crippen molar-refractivity contribution in [2.45, 2.75) is 39.2 Å². The highest BCUT2D eigenvalue weighted by atomic mass is 16.5. The Morgan fingerprint density at radius 1 is 1.25 bits per heavy atom. The van der Waals surface area contributed by atoms with Crippen molar-refractivity contribution in [3.8, 4) is 0 Å². The van der Waals surface area contributed by atoms with Crippen LogP contribution in [-0.4, -0.2) is 49.6 Å². The topological polar surface area (TPSA) is 58.6 Å². The molecule has 1 aliphatic heterocycles. The lowest BCUT2D eigenvalue weighted by molar-refractivity contribution is -0.126. The Balaban J connectivity index is 2.01. The van der Waals surface area contributed by atoms with E-state index in [9.17, 15) is 9.59 Å². The fourth-order valence-corrected chi connectivity index (χ4v) is 3.07. The highest BCUT2D eigenvalue weighted by Crippen LogP contribution is 2.24. The molecule has 0 saturated carbocycles. The van der Waals surface area contributed by atoms with Crippen molar-refractivity contribution in [3.05, 3.63) is 35.4 Å². The van der Waals surface area contributed by atoms with Gasteiger partial charge in [0.1, 0.15) is 0 Å². The Kier molecular flexibility index (Phi) is 6.79. The number of rotatable bonds is 6. The van der Waals surface area contributed by atoms with Gasteiger partial charge in [0.25, 0.3) is 5.91 Å². The zero-order valence-corrected chi connectivity index (χ0v) is 14.9. The lowest BCUT2D eigenvalue weighted by Crippen LogP contribution is -2.49. The minimum absolute atomic E-state index is 0.0121. The molecule has 1 N–H and O–H groups in total. The normalized spacial score (nSPS) is 20.7. The van der Waals surface area contributed by atoms with Gasteiger partial charge >= 0.3 is 0 Å². The van der Waals surface area contributed by atoms with Gasteiger partial charge in [-0.25, -0.2) is 0 Å². The minimum Gasteiger partial charge on any atom is -0.383 e. The Labute approximate surface area is 144 Å². The number of aryl methyl sites for hydroxylation is 1. The van der Waals surface area contributed by atoms with E-state index in [1.807, 2.05) is 29.2 Å². The molecule has 2 amide bonds. The summed E-state index contributed by atoms with van der Waals surface area (Å²) in [5.74, 6) is -0.116. The average molecular weight is 332 g/mol. The molecule has 0 unspecified atom stereocenters. The summed E-state index contributed by atoms with van der Waals surface area (Å²) >= 11 is 0. The van der Waals surface area contributed by atoms with E-state index in [4.69, 9.17) is 4.74 Å². The lowest BCUT2D eigenvalue weighted by atomic mass is 9.92. The van der Waals surface area contributed by atoms with Gasteiger partial charge in [-0.3, -0.25) is 9.59 Å². The number of likely N-dealkylation sites (tertiary alicyclic amines) is 1. The molecule has 0 aliphatic carbocycles. The van der Waals surface area contributed by atoms with Gasteiger partial charge in [-0.15, -0.1) is 0 Å². The van der Waals surface area contributed by atoms with Crippen LogP contribution in [0.4, 0.5) is 0 Å². The lowest BCUT2D eigenvalue weighted by Gasteiger charge is -2.37. The van der Waals surface area contributed by atoms with Crippen LogP contribution in [0.1, 0.15) is 42.6 Å². The summed E-state index contributed by atoms with van der Waals surface area (Å²) in [5.41, 5.74) is 1.91. The van der Waals surface area contributed by atoms with E-state index < -0.39 is 0 Å². The molecule has 0 aromatic heterocycles. The summed E-state index contributed by atoms with van der Waals surface area (Å²) in [6.45, 7) is 5.64. The second-order valence-electron chi connectivity index (χ2n) is 6.42. The minimum atomic E-state index is -0.142. The molecule has 1 saturated heterocycles. The van der Waals surface area contributed by atoms with Crippen LogP contribution in [0, 0.1) is 5.92 Å². The maximum Gasteiger partial charge on any atom is 0.254 e. The number of hydrogen-bond donors (Lipinski definition) is 1. The van der Waals surface area contributed by atoms with E-state index in [-0.39, 0.29) is 23.8 Å². The molecule has 2 atom stereocenters. The molecule has 0 bridgehead atoms. The first-order valence-corrected chi connectivity index (χ1v) is 8.73. The number of benzene rings is 1. The van der Waals surface area contributed by atoms with Crippen molar-refractivity contribution in [1.82, 2.24) is 10.2 Å². The van der Waals surface area contributed by atoms with Crippen LogP contribution >= 0.6 is 0 Å². The summed E-state index contributed by atoms with van der Waals surface area (Å²) in [6.07, 6.45) is 2.62. The molecule has 1 fully saturated rings. The second kappa shape index (κ2) is 8.83. The molecule has 0 spiro atoms. The van der Waals surface area contributed by atoms with E-state index >= 15 is 0 Å². The molecular weight excluding hydrogens is 304 g/mol. The molecule has 5 nitrogen and oxygen atoms in total. The first kappa shape index (κ1) is 18.5. The van der Waals surface area contributed by atoms with Crippen molar-refractivity contribution >= 4 is 11.8 Å². The first-order valence-electron chi connectivity index (χ1n) is 8.73. The Bertz CT molecular complexity index is 556. The zero-order valence-electron chi connectivity index (χ0n) is 14.9. The third kappa shape index (κ3) is 4.57. The van der Waals surface area contributed by atoms with Gasteiger partial charge in [0, 0.05) is 31.8 Å². The largest absolute Gasteiger partial charge is 0.383 e. The molecule has 2 rings (SSSR count). The van der Waals surface area contributed by atoms with Gasteiger partial charge in [0.15, 0.2) is 0 Å². The van der Waals surface area contributed by atoms with E-state index in [2.05, 4.69) is 19.2 Å². The molecule has 24 heavy (non-hydrogen) atoms.